The first-order valence-corrected chi connectivity index (χ1v) is 9.07. The Morgan fingerprint density at radius 1 is 1.37 bits per heavy atom. The van der Waals surface area contributed by atoms with Crippen LogP contribution in [-0.4, -0.2) is 16.8 Å². The standard InChI is InChI=1S/C17H30OSi/c1-12(2)15-8-7-13(3)11-14(15)9-10-18-16-5-4-6-17(16)19/h4-5,12-15H,6-11H2,1-3,19H3. The Hall–Kier alpha value is -0.503. The van der Waals surface area contributed by atoms with E-state index in [0.29, 0.717) is 0 Å². The zero-order chi connectivity index (χ0) is 13.8. The van der Waals surface area contributed by atoms with E-state index < -0.39 is 0 Å². The lowest BCUT2D eigenvalue weighted by molar-refractivity contribution is 0.104. The molecule has 0 N–H and O–H groups in total. The van der Waals surface area contributed by atoms with Gasteiger partial charge in [0.25, 0.3) is 0 Å². The average molecular weight is 279 g/mol. The molecule has 0 saturated heterocycles. The van der Waals surface area contributed by atoms with Crippen LogP contribution in [0.1, 0.15) is 52.9 Å². The molecule has 2 aliphatic rings. The highest BCUT2D eigenvalue weighted by atomic mass is 28.1. The average Bonchev–Trinajstić information content (AvgIpc) is 2.75. The third-order valence-electron chi connectivity index (χ3n) is 5.02. The summed E-state index contributed by atoms with van der Waals surface area (Å²) in [6.45, 7) is 8.13. The number of hydrogen-bond acceptors (Lipinski definition) is 1. The highest BCUT2D eigenvalue weighted by Crippen LogP contribution is 2.39. The van der Waals surface area contributed by atoms with Crippen LogP contribution in [0.4, 0.5) is 0 Å². The molecule has 2 rings (SSSR count). The van der Waals surface area contributed by atoms with E-state index in [1.807, 2.05) is 0 Å². The monoisotopic (exact) mass is 278 g/mol. The summed E-state index contributed by atoms with van der Waals surface area (Å²) in [4.78, 5) is 0. The predicted molar refractivity (Wildman–Crippen MR) is 86.1 cm³/mol. The zero-order valence-electron chi connectivity index (χ0n) is 13.1. The lowest BCUT2D eigenvalue weighted by atomic mass is 9.69. The first-order chi connectivity index (χ1) is 9.08. The topological polar surface area (TPSA) is 9.23 Å². The Balaban J connectivity index is 1.82. The maximum atomic E-state index is 6.01. The van der Waals surface area contributed by atoms with Gasteiger partial charge in [-0.1, -0.05) is 33.3 Å². The predicted octanol–water partition coefficient (Wildman–Crippen LogP) is 3.64. The number of hydrogen-bond donors (Lipinski definition) is 0. The van der Waals surface area contributed by atoms with Crippen molar-refractivity contribution in [1.29, 1.82) is 0 Å². The Labute approximate surface area is 121 Å². The maximum absolute atomic E-state index is 6.01. The first-order valence-electron chi connectivity index (χ1n) is 8.07. The van der Waals surface area contributed by atoms with Crippen LogP contribution in [0.2, 0.25) is 0 Å². The van der Waals surface area contributed by atoms with E-state index in [9.17, 15) is 0 Å². The fraction of sp³-hybridized carbons (Fsp3) is 0.765. The molecule has 1 fully saturated rings. The van der Waals surface area contributed by atoms with Gasteiger partial charge in [-0.3, -0.25) is 0 Å². The minimum atomic E-state index is 0.831. The second-order valence-electron chi connectivity index (χ2n) is 6.97. The molecule has 0 radical (unpaired) electrons. The molecule has 1 nitrogen and oxygen atoms in total. The van der Waals surface area contributed by atoms with Crippen molar-refractivity contribution in [1.82, 2.24) is 0 Å². The Bertz CT molecular complexity index is 356. The van der Waals surface area contributed by atoms with Crippen LogP contribution in [0, 0.1) is 23.7 Å². The van der Waals surface area contributed by atoms with Crippen LogP contribution < -0.4 is 0 Å². The normalized spacial score (nSPS) is 31.5. The lowest BCUT2D eigenvalue weighted by Gasteiger charge is -2.37. The molecule has 0 aromatic carbocycles. The minimum Gasteiger partial charge on any atom is -0.494 e. The third-order valence-corrected chi connectivity index (χ3v) is 5.92. The number of rotatable bonds is 5. The molecule has 0 aliphatic heterocycles. The molecule has 19 heavy (non-hydrogen) atoms. The Morgan fingerprint density at radius 2 is 2.16 bits per heavy atom. The van der Waals surface area contributed by atoms with Gasteiger partial charge in [0.1, 0.15) is 5.76 Å². The van der Waals surface area contributed by atoms with Crippen LogP contribution in [0.15, 0.2) is 23.1 Å². The highest BCUT2D eigenvalue weighted by Gasteiger charge is 2.30. The van der Waals surface area contributed by atoms with Gasteiger partial charge in [0.05, 0.1) is 6.61 Å². The molecule has 2 heteroatoms. The van der Waals surface area contributed by atoms with Crippen LogP contribution in [0.3, 0.4) is 0 Å². The lowest BCUT2D eigenvalue weighted by Crippen LogP contribution is -2.28. The van der Waals surface area contributed by atoms with Crippen LogP contribution in [0.5, 0.6) is 0 Å². The smallest absolute Gasteiger partial charge is 0.113 e. The molecule has 0 aromatic heterocycles. The van der Waals surface area contributed by atoms with Gasteiger partial charge in [0.15, 0.2) is 0 Å². The van der Waals surface area contributed by atoms with Gasteiger partial charge in [-0.15, -0.1) is 0 Å². The summed E-state index contributed by atoms with van der Waals surface area (Å²) in [5, 5.41) is 1.53. The van der Waals surface area contributed by atoms with Gasteiger partial charge in [-0.2, -0.15) is 0 Å². The summed E-state index contributed by atoms with van der Waals surface area (Å²) >= 11 is 0. The van der Waals surface area contributed by atoms with E-state index in [2.05, 4.69) is 32.9 Å². The van der Waals surface area contributed by atoms with E-state index >= 15 is 0 Å². The van der Waals surface area contributed by atoms with Gasteiger partial charge in [0, 0.05) is 10.2 Å². The summed E-state index contributed by atoms with van der Waals surface area (Å²) in [6, 6.07) is 0. The van der Waals surface area contributed by atoms with Crippen molar-refractivity contribution in [2.45, 2.75) is 52.9 Å². The van der Waals surface area contributed by atoms with Crippen molar-refractivity contribution in [2.75, 3.05) is 6.61 Å². The molecule has 0 amide bonds. The molecule has 1 saturated carbocycles. The maximum Gasteiger partial charge on any atom is 0.113 e. The van der Waals surface area contributed by atoms with Crippen molar-refractivity contribution in [3.05, 3.63) is 23.1 Å². The molecular weight excluding hydrogens is 248 g/mol. The van der Waals surface area contributed by atoms with E-state index in [1.54, 1.807) is 0 Å². The second kappa shape index (κ2) is 6.78. The molecular formula is C17H30OSi. The molecule has 2 aliphatic carbocycles. The summed E-state index contributed by atoms with van der Waals surface area (Å²) < 4.78 is 6.01. The van der Waals surface area contributed by atoms with Gasteiger partial charge in [0.2, 0.25) is 0 Å². The Kier molecular flexibility index (Phi) is 5.32. The van der Waals surface area contributed by atoms with Crippen LogP contribution >= 0.6 is 0 Å². The molecule has 0 aromatic rings. The van der Waals surface area contributed by atoms with Gasteiger partial charge >= 0.3 is 0 Å². The van der Waals surface area contributed by atoms with Crippen molar-refractivity contribution in [2.24, 2.45) is 23.7 Å². The van der Waals surface area contributed by atoms with Gasteiger partial charge in [-0.05, 0) is 60.6 Å². The van der Waals surface area contributed by atoms with Gasteiger partial charge < -0.3 is 4.74 Å². The van der Waals surface area contributed by atoms with Crippen LogP contribution in [0.25, 0.3) is 0 Å². The fourth-order valence-electron chi connectivity index (χ4n) is 3.81. The molecule has 0 bridgehead atoms. The number of allylic oxidation sites excluding steroid dienone is 3. The van der Waals surface area contributed by atoms with Crippen molar-refractivity contribution < 1.29 is 4.74 Å². The van der Waals surface area contributed by atoms with E-state index in [-0.39, 0.29) is 0 Å². The van der Waals surface area contributed by atoms with E-state index in [4.69, 9.17) is 4.74 Å². The SMILES string of the molecule is CC1CCC(C(C)C)C(CCOC2=C([SiH3])CC=C2)C1. The molecule has 3 unspecified atom stereocenters. The number of ether oxygens (including phenoxy) is 1. The van der Waals surface area contributed by atoms with Crippen molar-refractivity contribution in [3.63, 3.8) is 0 Å². The van der Waals surface area contributed by atoms with E-state index in [0.717, 1.165) is 46.9 Å². The Morgan fingerprint density at radius 3 is 2.79 bits per heavy atom. The van der Waals surface area contributed by atoms with Crippen LogP contribution in [-0.2, 0) is 4.74 Å². The summed E-state index contributed by atoms with van der Waals surface area (Å²) in [5.74, 6) is 4.74. The van der Waals surface area contributed by atoms with E-state index in [1.165, 1.54) is 36.6 Å². The molecule has 3 atom stereocenters. The minimum absolute atomic E-state index is 0.831. The quantitative estimate of drug-likeness (QED) is 0.698. The fourth-order valence-corrected chi connectivity index (χ4v) is 4.36. The van der Waals surface area contributed by atoms with Crippen molar-refractivity contribution in [3.8, 4) is 0 Å². The van der Waals surface area contributed by atoms with Gasteiger partial charge in [-0.25, -0.2) is 0 Å². The largest absolute Gasteiger partial charge is 0.494 e. The molecule has 108 valence electrons. The third kappa shape index (κ3) is 3.98. The molecule has 0 spiro atoms. The zero-order valence-corrected chi connectivity index (χ0v) is 15.1. The summed E-state index contributed by atoms with van der Waals surface area (Å²) in [7, 11) is 1.14. The first kappa shape index (κ1) is 14.9. The summed E-state index contributed by atoms with van der Waals surface area (Å²) in [6.07, 6.45) is 11.1. The summed E-state index contributed by atoms with van der Waals surface area (Å²) in [5.41, 5.74) is 0. The van der Waals surface area contributed by atoms with Crippen molar-refractivity contribution >= 4 is 10.2 Å². The molecule has 0 heterocycles. The highest BCUT2D eigenvalue weighted by molar-refractivity contribution is 6.22. The second-order valence-corrected chi connectivity index (χ2v) is 8.18.